The van der Waals surface area contributed by atoms with Gasteiger partial charge in [-0.2, -0.15) is 0 Å². The minimum absolute atomic E-state index is 0.0345. The van der Waals surface area contributed by atoms with Gasteiger partial charge in [-0.1, -0.05) is 12.2 Å². The second-order valence-corrected chi connectivity index (χ2v) is 5.47. The topological polar surface area (TPSA) is 59.6 Å². The monoisotopic (exact) mass is 308 g/mol. The first-order valence-electron chi connectivity index (χ1n) is 6.70. The van der Waals surface area contributed by atoms with Gasteiger partial charge in [-0.3, -0.25) is 10.2 Å². The fourth-order valence-electron chi connectivity index (χ4n) is 2.16. The minimum Gasteiger partial charge on any atom is -0.495 e. The van der Waals surface area contributed by atoms with Crippen LogP contribution in [0.2, 0.25) is 0 Å². The Kier molecular flexibility index (Phi) is 5.52. The van der Waals surface area contributed by atoms with Crippen molar-refractivity contribution in [1.82, 2.24) is 10.9 Å². The van der Waals surface area contributed by atoms with Gasteiger partial charge in [0.1, 0.15) is 11.5 Å². The molecule has 1 heterocycles. The molecule has 1 aromatic carbocycles. The van der Waals surface area contributed by atoms with E-state index in [4.69, 9.17) is 9.47 Å². The molecule has 1 aliphatic rings. The highest BCUT2D eigenvalue weighted by Crippen LogP contribution is 2.38. The van der Waals surface area contributed by atoms with Gasteiger partial charge in [-0.15, -0.1) is 11.8 Å². The SMILES string of the molecule is COc1cc(/C=C/C2CCC(=O)NN2)cc(OC)c1SC. The number of hydrogen-bond donors (Lipinski definition) is 2. The van der Waals surface area contributed by atoms with Crippen LogP contribution in [0.1, 0.15) is 18.4 Å². The van der Waals surface area contributed by atoms with Crippen molar-refractivity contribution in [2.75, 3.05) is 20.5 Å². The summed E-state index contributed by atoms with van der Waals surface area (Å²) < 4.78 is 10.8. The Hall–Kier alpha value is -1.66. The second kappa shape index (κ2) is 7.38. The van der Waals surface area contributed by atoms with Crippen LogP contribution in [-0.2, 0) is 4.79 Å². The Balaban J connectivity index is 2.18. The van der Waals surface area contributed by atoms with E-state index in [9.17, 15) is 4.79 Å². The molecule has 21 heavy (non-hydrogen) atoms. The lowest BCUT2D eigenvalue weighted by Gasteiger charge is -2.20. The summed E-state index contributed by atoms with van der Waals surface area (Å²) in [6.45, 7) is 0. The predicted octanol–water partition coefficient (Wildman–Crippen LogP) is 2.22. The number of hydrogen-bond acceptors (Lipinski definition) is 5. The van der Waals surface area contributed by atoms with Crippen LogP contribution in [0.15, 0.2) is 23.1 Å². The molecule has 0 spiro atoms. The van der Waals surface area contributed by atoms with Crippen molar-refractivity contribution in [2.24, 2.45) is 0 Å². The zero-order chi connectivity index (χ0) is 15.2. The number of benzene rings is 1. The molecule has 1 saturated heterocycles. The van der Waals surface area contributed by atoms with Gasteiger partial charge in [0.2, 0.25) is 5.91 Å². The van der Waals surface area contributed by atoms with E-state index in [0.29, 0.717) is 6.42 Å². The summed E-state index contributed by atoms with van der Waals surface area (Å²) in [5, 5.41) is 0. The summed E-state index contributed by atoms with van der Waals surface area (Å²) in [6.07, 6.45) is 7.36. The molecule has 0 aromatic heterocycles. The lowest BCUT2D eigenvalue weighted by atomic mass is 10.1. The van der Waals surface area contributed by atoms with Crippen molar-refractivity contribution in [3.8, 4) is 11.5 Å². The molecule has 2 N–H and O–H groups in total. The molecule has 1 fully saturated rings. The largest absolute Gasteiger partial charge is 0.495 e. The number of nitrogens with one attached hydrogen (secondary N) is 2. The fourth-order valence-corrected chi connectivity index (χ4v) is 2.85. The highest BCUT2D eigenvalue weighted by Gasteiger charge is 2.15. The first-order valence-corrected chi connectivity index (χ1v) is 7.93. The van der Waals surface area contributed by atoms with E-state index in [1.165, 1.54) is 0 Å². The second-order valence-electron chi connectivity index (χ2n) is 4.66. The number of carbonyl (C=O) groups is 1. The van der Waals surface area contributed by atoms with E-state index >= 15 is 0 Å². The van der Waals surface area contributed by atoms with E-state index in [-0.39, 0.29) is 11.9 Å². The predicted molar refractivity (Wildman–Crippen MR) is 84.7 cm³/mol. The van der Waals surface area contributed by atoms with Crippen LogP contribution in [0.25, 0.3) is 6.08 Å². The summed E-state index contributed by atoms with van der Waals surface area (Å²) in [4.78, 5) is 12.1. The number of methoxy groups -OCH3 is 2. The van der Waals surface area contributed by atoms with Crippen LogP contribution in [0.4, 0.5) is 0 Å². The van der Waals surface area contributed by atoms with E-state index in [1.54, 1.807) is 26.0 Å². The number of amides is 1. The minimum atomic E-state index is 0.0345. The van der Waals surface area contributed by atoms with Gasteiger partial charge in [0.05, 0.1) is 19.1 Å². The van der Waals surface area contributed by atoms with Gasteiger partial charge in [0, 0.05) is 12.5 Å². The lowest BCUT2D eigenvalue weighted by Crippen LogP contribution is -2.48. The van der Waals surface area contributed by atoms with E-state index < -0.39 is 0 Å². The Bertz CT molecular complexity index is 511. The van der Waals surface area contributed by atoms with Gasteiger partial charge in [-0.25, -0.2) is 5.43 Å². The summed E-state index contributed by atoms with van der Waals surface area (Å²) in [7, 11) is 3.31. The summed E-state index contributed by atoms with van der Waals surface area (Å²) in [5.41, 5.74) is 6.60. The Labute approximate surface area is 129 Å². The van der Waals surface area contributed by atoms with Gasteiger partial charge in [0.25, 0.3) is 0 Å². The molecular weight excluding hydrogens is 288 g/mol. The molecule has 1 atom stereocenters. The highest BCUT2D eigenvalue weighted by atomic mass is 32.2. The average Bonchev–Trinajstić information content (AvgIpc) is 2.53. The third kappa shape index (κ3) is 3.92. The van der Waals surface area contributed by atoms with Crippen LogP contribution in [0.3, 0.4) is 0 Å². The number of carbonyl (C=O) groups excluding carboxylic acids is 1. The van der Waals surface area contributed by atoms with Crippen LogP contribution in [0.5, 0.6) is 11.5 Å². The number of hydrazine groups is 1. The van der Waals surface area contributed by atoms with Crippen LogP contribution >= 0.6 is 11.8 Å². The van der Waals surface area contributed by atoms with Crippen LogP contribution in [-0.4, -0.2) is 32.4 Å². The van der Waals surface area contributed by atoms with E-state index in [1.807, 2.05) is 30.5 Å². The van der Waals surface area contributed by atoms with Crippen molar-refractivity contribution < 1.29 is 14.3 Å². The fraction of sp³-hybridized carbons (Fsp3) is 0.400. The Morgan fingerprint density at radius 2 is 1.95 bits per heavy atom. The molecular formula is C15H20N2O3S. The number of thioether (sulfide) groups is 1. The van der Waals surface area contributed by atoms with Crippen molar-refractivity contribution >= 4 is 23.7 Å². The molecule has 2 rings (SSSR count). The van der Waals surface area contributed by atoms with Gasteiger partial charge in [-0.05, 0) is 30.4 Å². The molecule has 5 nitrogen and oxygen atoms in total. The Morgan fingerprint density at radius 1 is 1.29 bits per heavy atom. The first kappa shape index (κ1) is 15.7. The molecule has 0 radical (unpaired) electrons. The van der Waals surface area contributed by atoms with Gasteiger partial charge >= 0.3 is 0 Å². The molecule has 1 aliphatic heterocycles. The molecule has 1 unspecified atom stereocenters. The third-order valence-corrected chi connectivity index (χ3v) is 4.10. The highest BCUT2D eigenvalue weighted by molar-refractivity contribution is 7.98. The maximum absolute atomic E-state index is 11.1. The zero-order valence-corrected chi connectivity index (χ0v) is 13.3. The van der Waals surface area contributed by atoms with Crippen LogP contribution in [0, 0.1) is 0 Å². The van der Waals surface area contributed by atoms with Gasteiger partial charge in [0.15, 0.2) is 0 Å². The van der Waals surface area contributed by atoms with Gasteiger partial charge < -0.3 is 9.47 Å². The molecule has 1 aromatic rings. The van der Waals surface area contributed by atoms with Crippen molar-refractivity contribution in [1.29, 1.82) is 0 Å². The molecule has 6 heteroatoms. The first-order chi connectivity index (χ1) is 10.2. The van der Waals surface area contributed by atoms with Crippen molar-refractivity contribution in [3.63, 3.8) is 0 Å². The molecule has 114 valence electrons. The normalized spacial score (nSPS) is 18.6. The third-order valence-electron chi connectivity index (χ3n) is 3.29. The summed E-state index contributed by atoms with van der Waals surface area (Å²) in [6, 6.07) is 4.10. The molecule has 0 saturated carbocycles. The van der Waals surface area contributed by atoms with E-state index in [0.717, 1.165) is 28.4 Å². The smallest absolute Gasteiger partial charge is 0.234 e. The summed E-state index contributed by atoms with van der Waals surface area (Å²) in [5.74, 6) is 1.63. The number of ether oxygens (including phenoxy) is 2. The van der Waals surface area contributed by atoms with Crippen LogP contribution < -0.4 is 20.3 Å². The molecule has 1 amide bonds. The maximum Gasteiger partial charge on any atom is 0.234 e. The quantitative estimate of drug-likeness (QED) is 0.817. The van der Waals surface area contributed by atoms with Crippen molar-refractivity contribution in [3.05, 3.63) is 23.8 Å². The van der Waals surface area contributed by atoms with E-state index in [2.05, 4.69) is 10.9 Å². The molecule has 0 bridgehead atoms. The molecule has 0 aliphatic carbocycles. The standard InChI is InChI=1S/C15H20N2O3S/c1-19-12-8-10(9-13(20-2)15(12)21-3)4-5-11-6-7-14(18)17-16-11/h4-5,8-9,11,16H,6-7H2,1-3H3,(H,17,18)/b5-4+. The number of rotatable bonds is 5. The summed E-state index contributed by atoms with van der Waals surface area (Å²) >= 11 is 1.59. The maximum atomic E-state index is 11.1. The Morgan fingerprint density at radius 3 is 2.43 bits per heavy atom. The van der Waals surface area contributed by atoms with Crippen molar-refractivity contribution in [2.45, 2.75) is 23.8 Å². The zero-order valence-electron chi connectivity index (χ0n) is 12.4. The lowest BCUT2D eigenvalue weighted by molar-refractivity contribution is -0.123. The average molecular weight is 308 g/mol.